The van der Waals surface area contributed by atoms with Crippen LogP contribution in [0.5, 0.6) is 0 Å². The van der Waals surface area contributed by atoms with Crippen molar-refractivity contribution in [1.29, 1.82) is 0 Å². The van der Waals surface area contributed by atoms with Crippen LogP contribution < -0.4 is 11.1 Å². The minimum absolute atomic E-state index is 0.00964. The Bertz CT molecular complexity index is 615. The first-order valence-corrected chi connectivity index (χ1v) is 8.80. The molecule has 0 aliphatic rings. The van der Waals surface area contributed by atoms with E-state index in [0.717, 1.165) is 0 Å². The SMILES string of the molecule is CC(C)CCS(=O)(=O)C(C)C(=O)Nc1cc(Cl)ccc1N. The van der Waals surface area contributed by atoms with Crippen molar-refractivity contribution in [3.63, 3.8) is 0 Å². The third-order valence-electron chi connectivity index (χ3n) is 3.16. The molecule has 1 aromatic rings. The summed E-state index contributed by atoms with van der Waals surface area (Å²) in [5.41, 5.74) is 6.37. The summed E-state index contributed by atoms with van der Waals surface area (Å²) in [7, 11) is -3.48. The summed E-state index contributed by atoms with van der Waals surface area (Å²) in [5, 5.41) is 1.80. The van der Waals surface area contributed by atoms with Gasteiger partial charge >= 0.3 is 0 Å². The second-order valence-corrected chi connectivity index (χ2v) is 8.29. The lowest BCUT2D eigenvalue weighted by Gasteiger charge is -2.15. The van der Waals surface area contributed by atoms with Gasteiger partial charge in [0.15, 0.2) is 9.84 Å². The number of hydrogen-bond donors (Lipinski definition) is 2. The van der Waals surface area contributed by atoms with Crippen molar-refractivity contribution in [3.05, 3.63) is 23.2 Å². The molecule has 0 saturated heterocycles. The minimum atomic E-state index is -3.48. The molecule has 1 aromatic carbocycles. The standard InChI is InChI=1S/C14H21ClN2O3S/c1-9(2)6-7-21(19,20)10(3)14(18)17-13-8-11(15)4-5-12(13)16/h4-5,8-10H,6-7,16H2,1-3H3,(H,17,18). The Hall–Kier alpha value is -1.27. The zero-order chi connectivity index (χ0) is 16.2. The van der Waals surface area contributed by atoms with Gasteiger partial charge in [0, 0.05) is 5.02 Å². The first-order valence-electron chi connectivity index (χ1n) is 6.71. The van der Waals surface area contributed by atoms with E-state index in [9.17, 15) is 13.2 Å². The molecule has 7 heteroatoms. The molecule has 1 unspecified atom stereocenters. The number of nitrogens with two attached hydrogens (primary N) is 1. The van der Waals surface area contributed by atoms with Crippen LogP contribution in [0, 0.1) is 5.92 Å². The lowest BCUT2D eigenvalue weighted by molar-refractivity contribution is -0.115. The molecule has 5 nitrogen and oxygen atoms in total. The van der Waals surface area contributed by atoms with E-state index >= 15 is 0 Å². The number of sulfone groups is 1. The summed E-state index contributed by atoms with van der Waals surface area (Å²) >= 11 is 5.83. The largest absolute Gasteiger partial charge is 0.397 e. The highest BCUT2D eigenvalue weighted by atomic mass is 35.5. The number of nitrogen functional groups attached to an aromatic ring is 1. The summed E-state index contributed by atoms with van der Waals surface area (Å²) in [6.07, 6.45) is 0.527. The van der Waals surface area contributed by atoms with Crippen LogP contribution in [0.4, 0.5) is 11.4 Å². The second-order valence-electron chi connectivity index (χ2n) is 5.41. The van der Waals surface area contributed by atoms with Crippen LogP contribution in [0.25, 0.3) is 0 Å². The predicted octanol–water partition coefficient (Wildman–Crippen LogP) is 2.71. The molecule has 0 fully saturated rings. The van der Waals surface area contributed by atoms with E-state index in [2.05, 4.69) is 5.32 Å². The number of amides is 1. The summed E-state index contributed by atoms with van der Waals surface area (Å²) in [4.78, 5) is 12.1. The van der Waals surface area contributed by atoms with Gasteiger partial charge in [0.25, 0.3) is 0 Å². The first-order chi connectivity index (χ1) is 9.63. The molecule has 0 aromatic heterocycles. The average Bonchev–Trinajstić information content (AvgIpc) is 2.39. The molecule has 3 N–H and O–H groups in total. The number of hydrogen-bond acceptors (Lipinski definition) is 4. The zero-order valence-corrected chi connectivity index (χ0v) is 14.0. The van der Waals surface area contributed by atoms with Crippen molar-refractivity contribution in [2.45, 2.75) is 32.4 Å². The second kappa shape index (κ2) is 7.13. The van der Waals surface area contributed by atoms with E-state index in [4.69, 9.17) is 17.3 Å². The van der Waals surface area contributed by atoms with Crippen molar-refractivity contribution < 1.29 is 13.2 Å². The molecule has 0 heterocycles. The molecule has 0 radical (unpaired) electrons. The van der Waals surface area contributed by atoms with Gasteiger partial charge in [-0.1, -0.05) is 25.4 Å². The van der Waals surface area contributed by atoms with Gasteiger partial charge in [-0.25, -0.2) is 8.42 Å². The zero-order valence-electron chi connectivity index (χ0n) is 12.4. The van der Waals surface area contributed by atoms with Crippen molar-refractivity contribution in [1.82, 2.24) is 0 Å². The van der Waals surface area contributed by atoms with Crippen LogP contribution in [0.1, 0.15) is 27.2 Å². The number of rotatable bonds is 6. The Morgan fingerprint density at radius 3 is 2.52 bits per heavy atom. The fraction of sp³-hybridized carbons (Fsp3) is 0.500. The number of carbonyl (C=O) groups is 1. The normalized spacial score (nSPS) is 13.2. The fourth-order valence-corrected chi connectivity index (χ4v) is 3.32. The molecule has 1 rings (SSSR count). The van der Waals surface area contributed by atoms with Crippen LogP contribution in [0.2, 0.25) is 5.02 Å². The molecule has 1 amide bonds. The number of benzene rings is 1. The summed E-state index contributed by atoms with van der Waals surface area (Å²) in [6, 6.07) is 4.63. The molecule has 118 valence electrons. The third-order valence-corrected chi connectivity index (χ3v) is 5.49. The minimum Gasteiger partial charge on any atom is -0.397 e. The summed E-state index contributed by atoms with van der Waals surface area (Å²) < 4.78 is 24.2. The lowest BCUT2D eigenvalue weighted by atomic mass is 10.2. The monoisotopic (exact) mass is 332 g/mol. The highest BCUT2D eigenvalue weighted by molar-refractivity contribution is 7.92. The highest BCUT2D eigenvalue weighted by Crippen LogP contribution is 2.23. The van der Waals surface area contributed by atoms with Crippen LogP contribution in [-0.2, 0) is 14.6 Å². The van der Waals surface area contributed by atoms with Crippen LogP contribution in [0.3, 0.4) is 0 Å². The van der Waals surface area contributed by atoms with E-state index in [-0.39, 0.29) is 11.7 Å². The number of carbonyl (C=O) groups excluding carboxylic acids is 1. The van der Waals surface area contributed by atoms with E-state index in [1.54, 1.807) is 12.1 Å². The van der Waals surface area contributed by atoms with Crippen LogP contribution in [-0.4, -0.2) is 25.3 Å². The average molecular weight is 333 g/mol. The van der Waals surface area contributed by atoms with E-state index < -0.39 is 21.0 Å². The Balaban J connectivity index is 2.81. The van der Waals surface area contributed by atoms with Gasteiger partial charge in [-0.3, -0.25) is 4.79 Å². The molecule has 1 atom stereocenters. The maximum absolute atomic E-state index is 12.1. The van der Waals surface area contributed by atoms with Gasteiger partial charge in [0.2, 0.25) is 5.91 Å². The molecule has 0 saturated carbocycles. The maximum atomic E-state index is 12.1. The highest BCUT2D eigenvalue weighted by Gasteiger charge is 2.28. The Labute approximate surface area is 130 Å². The van der Waals surface area contributed by atoms with Gasteiger partial charge in [0.1, 0.15) is 5.25 Å². The Morgan fingerprint density at radius 2 is 1.95 bits per heavy atom. The van der Waals surface area contributed by atoms with Gasteiger partial charge < -0.3 is 11.1 Å². The smallest absolute Gasteiger partial charge is 0.242 e. The number of halogens is 1. The van der Waals surface area contributed by atoms with Gasteiger partial charge in [-0.05, 0) is 37.5 Å². The third kappa shape index (κ3) is 5.21. The predicted molar refractivity (Wildman–Crippen MR) is 87.2 cm³/mol. The van der Waals surface area contributed by atoms with Crippen LogP contribution >= 0.6 is 11.6 Å². The fourth-order valence-electron chi connectivity index (χ4n) is 1.61. The maximum Gasteiger partial charge on any atom is 0.242 e. The molecule has 0 aliphatic heterocycles. The van der Waals surface area contributed by atoms with Crippen molar-refractivity contribution >= 4 is 38.7 Å². The van der Waals surface area contributed by atoms with Crippen molar-refractivity contribution in [2.75, 3.05) is 16.8 Å². The molecule has 0 bridgehead atoms. The van der Waals surface area contributed by atoms with E-state index in [1.165, 1.54) is 13.0 Å². The van der Waals surface area contributed by atoms with Crippen LogP contribution in [0.15, 0.2) is 18.2 Å². The Kier molecular flexibility index (Phi) is 6.04. The molecule has 0 aliphatic carbocycles. The van der Waals surface area contributed by atoms with E-state index in [1.807, 2.05) is 13.8 Å². The van der Waals surface area contributed by atoms with Crippen molar-refractivity contribution in [3.8, 4) is 0 Å². The Morgan fingerprint density at radius 1 is 1.33 bits per heavy atom. The van der Waals surface area contributed by atoms with Gasteiger partial charge in [-0.15, -0.1) is 0 Å². The lowest BCUT2D eigenvalue weighted by Crippen LogP contribution is -2.34. The summed E-state index contributed by atoms with van der Waals surface area (Å²) in [6.45, 7) is 5.26. The topological polar surface area (TPSA) is 89.3 Å². The molecular weight excluding hydrogens is 312 g/mol. The number of nitrogens with one attached hydrogen (secondary N) is 1. The summed E-state index contributed by atoms with van der Waals surface area (Å²) in [5.74, 6) is -0.351. The molecule has 0 spiro atoms. The molecular formula is C14H21ClN2O3S. The number of anilines is 2. The molecule has 21 heavy (non-hydrogen) atoms. The first kappa shape index (κ1) is 17.8. The van der Waals surface area contributed by atoms with Crippen molar-refractivity contribution in [2.24, 2.45) is 5.92 Å². The van der Waals surface area contributed by atoms with E-state index in [0.29, 0.717) is 22.8 Å². The quantitative estimate of drug-likeness (QED) is 0.784. The van der Waals surface area contributed by atoms with Gasteiger partial charge in [0.05, 0.1) is 17.1 Å². The van der Waals surface area contributed by atoms with Gasteiger partial charge in [-0.2, -0.15) is 0 Å².